The van der Waals surface area contributed by atoms with Gasteiger partial charge < -0.3 is 20.1 Å². The number of amides is 2. The Morgan fingerprint density at radius 2 is 1.96 bits per heavy atom. The van der Waals surface area contributed by atoms with Gasteiger partial charge in [0.15, 0.2) is 0 Å². The largest absolute Gasteiger partial charge is 0.492 e. The molecule has 1 aliphatic heterocycles. The van der Waals surface area contributed by atoms with E-state index in [0.717, 1.165) is 23.3 Å². The van der Waals surface area contributed by atoms with Crippen molar-refractivity contribution in [2.75, 3.05) is 11.9 Å². The molecule has 0 aliphatic carbocycles. The van der Waals surface area contributed by atoms with Gasteiger partial charge in [-0.15, -0.1) is 0 Å². The molecule has 1 aliphatic rings. The zero-order valence-electron chi connectivity index (χ0n) is 15.8. The molecular weight excluding hydrogens is 344 g/mol. The monoisotopic (exact) mass is 368 g/mol. The van der Waals surface area contributed by atoms with Crippen LogP contribution in [-0.2, 0) is 17.8 Å². The highest BCUT2D eigenvalue weighted by Crippen LogP contribution is 2.38. The third kappa shape index (κ3) is 4.58. The van der Waals surface area contributed by atoms with Crippen molar-refractivity contribution in [1.29, 1.82) is 0 Å². The number of ether oxygens (including phenoxy) is 2. The van der Waals surface area contributed by atoms with Gasteiger partial charge in [0.2, 0.25) is 5.91 Å². The van der Waals surface area contributed by atoms with Gasteiger partial charge in [-0.1, -0.05) is 12.1 Å². The molecule has 3 rings (SSSR count). The maximum Gasteiger partial charge on any atom is 0.255 e. The Morgan fingerprint density at radius 1 is 1.22 bits per heavy atom. The van der Waals surface area contributed by atoms with E-state index in [1.807, 2.05) is 38.1 Å². The van der Waals surface area contributed by atoms with Crippen LogP contribution in [0.3, 0.4) is 0 Å². The van der Waals surface area contributed by atoms with Crippen molar-refractivity contribution < 1.29 is 19.1 Å². The van der Waals surface area contributed by atoms with Crippen molar-refractivity contribution >= 4 is 17.5 Å². The fourth-order valence-electron chi connectivity index (χ4n) is 3.01. The van der Waals surface area contributed by atoms with Crippen molar-refractivity contribution in [3.8, 4) is 11.5 Å². The van der Waals surface area contributed by atoms with Crippen molar-refractivity contribution in [3.05, 3.63) is 53.1 Å². The third-order valence-corrected chi connectivity index (χ3v) is 4.30. The van der Waals surface area contributed by atoms with Crippen LogP contribution in [0.2, 0.25) is 0 Å². The molecule has 0 spiro atoms. The van der Waals surface area contributed by atoms with Gasteiger partial charge in [-0.25, -0.2) is 0 Å². The number of rotatable bonds is 6. The molecule has 0 saturated heterocycles. The summed E-state index contributed by atoms with van der Waals surface area (Å²) in [4.78, 5) is 23.6. The highest BCUT2D eigenvalue weighted by atomic mass is 16.5. The minimum Gasteiger partial charge on any atom is -0.492 e. The molecule has 2 N–H and O–H groups in total. The average Bonchev–Trinajstić information content (AvgIpc) is 2.99. The fraction of sp³-hybridized carbons (Fsp3) is 0.333. The van der Waals surface area contributed by atoms with E-state index in [1.165, 1.54) is 6.92 Å². The standard InChI is InChI=1S/C21H24N2O4/c1-4-26-20-10-17-9-13(2)27-19(17)11-18(20)23-21(25)16-7-5-15(6-8-16)12-22-14(3)24/h5-8,10-11,13H,4,9,12H2,1-3H3,(H,22,24)(H,23,25). The molecule has 1 atom stereocenters. The van der Waals surface area contributed by atoms with E-state index in [-0.39, 0.29) is 17.9 Å². The van der Waals surface area contributed by atoms with Gasteiger partial charge in [-0.3, -0.25) is 9.59 Å². The Balaban J connectivity index is 1.75. The van der Waals surface area contributed by atoms with Crippen LogP contribution in [0.25, 0.3) is 0 Å². The molecule has 0 aromatic heterocycles. The predicted molar refractivity (Wildman–Crippen MR) is 103 cm³/mol. The highest BCUT2D eigenvalue weighted by molar-refractivity contribution is 6.05. The smallest absolute Gasteiger partial charge is 0.255 e. The summed E-state index contributed by atoms with van der Waals surface area (Å²) in [5, 5.41) is 5.64. The lowest BCUT2D eigenvalue weighted by atomic mass is 10.1. The molecule has 0 radical (unpaired) electrons. The quantitative estimate of drug-likeness (QED) is 0.820. The van der Waals surface area contributed by atoms with Crippen LogP contribution < -0.4 is 20.1 Å². The summed E-state index contributed by atoms with van der Waals surface area (Å²) in [5.41, 5.74) is 3.14. The zero-order chi connectivity index (χ0) is 19.4. The van der Waals surface area contributed by atoms with Crippen molar-refractivity contribution in [1.82, 2.24) is 5.32 Å². The van der Waals surface area contributed by atoms with Gasteiger partial charge in [0.25, 0.3) is 5.91 Å². The second kappa shape index (κ2) is 8.12. The van der Waals surface area contributed by atoms with Crippen molar-refractivity contribution in [2.24, 2.45) is 0 Å². The van der Waals surface area contributed by atoms with Gasteiger partial charge in [-0.05, 0) is 37.6 Å². The van der Waals surface area contributed by atoms with E-state index in [4.69, 9.17) is 9.47 Å². The van der Waals surface area contributed by atoms with E-state index in [1.54, 1.807) is 12.1 Å². The molecule has 27 heavy (non-hydrogen) atoms. The highest BCUT2D eigenvalue weighted by Gasteiger charge is 2.22. The SMILES string of the molecule is CCOc1cc2c(cc1NC(=O)c1ccc(CNC(C)=O)cc1)OC(C)C2. The first-order valence-electron chi connectivity index (χ1n) is 9.07. The van der Waals surface area contributed by atoms with Gasteiger partial charge in [0.05, 0.1) is 12.3 Å². The molecule has 6 heteroatoms. The van der Waals surface area contributed by atoms with Crippen LogP contribution in [0.15, 0.2) is 36.4 Å². The van der Waals surface area contributed by atoms with Crippen LogP contribution in [0.4, 0.5) is 5.69 Å². The summed E-state index contributed by atoms with van der Waals surface area (Å²) < 4.78 is 11.5. The molecule has 1 heterocycles. The molecule has 0 saturated carbocycles. The van der Waals surface area contributed by atoms with E-state index >= 15 is 0 Å². The summed E-state index contributed by atoms with van der Waals surface area (Å²) >= 11 is 0. The van der Waals surface area contributed by atoms with Crippen molar-refractivity contribution in [3.63, 3.8) is 0 Å². The normalized spacial score (nSPS) is 14.9. The summed E-state index contributed by atoms with van der Waals surface area (Å²) in [7, 11) is 0. The number of hydrogen-bond donors (Lipinski definition) is 2. The lowest BCUT2D eigenvalue weighted by molar-refractivity contribution is -0.119. The van der Waals surface area contributed by atoms with E-state index < -0.39 is 0 Å². The Morgan fingerprint density at radius 3 is 2.63 bits per heavy atom. The maximum absolute atomic E-state index is 12.6. The topological polar surface area (TPSA) is 76.7 Å². The molecule has 0 bridgehead atoms. The number of fused-ring (bicyclic) bond motifs is 1. The van der Waals surface area contributed by atoms with Crippen molar-refractivity contribution in [2.45, 2.75) is 39.8 Å². The molecule has 2 aromatic rings. The fourth-order valence-corrected chi connectivity index (χ4v) is 3.01. The third-order valence-electron chi connectivity index (χ3n) is 4.30. The van der Waals surface area contributed by atoms with E-state index in [0.29, 0.717) is 30.2 Å². The molecule has 6 nitrogen and oxygen atoms in total. The van der Waals surface area contributed by atoms with Gasteiger partial charge in [0.1, 0.15) is 17.6 Å². The lowest BCUT2D eigenvalue weighted by Gasteiger charge is -2.14. The van der Waals surface area contributed by atoms with Crippen LogP contribution >= 0.6 is 0 Å². The number of nitrogens with one attached hydrogen (secondary N) is 2. The summed E-state index contributed by atoms with van der Waals surface area (Å²) in [6, 6.07) is 10.9. The van der Waals surface area contributed by atoms with E-state index in [2.05, 4.69) is 10.6 Å². The maximum atomic E-state index is 12.6. The first kappa shape index (κ1) is 18.8. The zero-order valence-corrected chi connectivity index (χ0v) is 15.8. The summed E-state index contributed by atoms with van der Waals surface area (Å²) in [5.74, 6) is 1.11. The Hall–Kier alpha value is -3.02. The number of benzene rings is 2. The first-order valence-corrected chi connectivity index (χ1v) is 9.07. The molecule has 1 unspecified atom stereocenters. The Kier molecular flexibility index (Phi) is 5.64. The second-order valence-electron chi connectivity index (χ2n) is 6.58. The number of hydrogen-bond acceptors (Lipinski definition) is 4. The summed E-state index contributed by atoms with van der Waals surface area (Å²) in [6.07, 6.45) is 0.955. The molecule has 0 fully saturated rings. The summed E-state index contributed by atoms with van der Waals surface area (Å²) in [6.45, 7) is 6.34. The van der Waals surface area contributed by atoms with Gasteiger partial charge in [0, 0.05) is 37.1 Å². The van der Waals surface area contributed by atoms with Crippen LogP contribution in [0.5, 0.6) is 11.5 Å². The van der Waals surface area contributed by atoms with Crippen LogP contribution in [-0.4, -0.2) is 24.5 Å². The van der Waals surface area contributed by atoms with Crippen LogP contribution in [0, 0.1) is 0 Å². The number of carbonyl (C=O) groups excluding carboxylic acids is 2. The second-order valence-corrected chi connectivity index (χ2v) is 6.58. The Labute approximate surface area is 158 Å². The van der Waals surface area contributed by atoms with Crippen LogP contribution in [0.1, 0.15) is 42.3 Å². The van der Waals surface area contributed by atoms with E-state index in [9.17, 15) is 9.59 Å². The molecule has 142 valence electrons. The lowest BCUT2D eigenvalue weighted by Crippen LogP contribution is -2.19. The number of anilines is 1. The minimum atomic E-state index is -0.229. The number of carbonyl (C=O) groups is 2. The van der Waals surface area contributed by atoms with Gasteiger partial charge >= 0.3 is 0 Å². The molecular formula is C21H24N2O4. The molecule has 2 aromatic carbocycles. The average molecular weight is 368 g/mol. The minimum absolute atomic E-state index is 0.0894. The van der Waals surface area contributed by atoms with Gasteiger partial charge in [-0.2, -0.15) is 0 Å². The molecule has 2 amide bonds. The Bertz CT molecular complexity index is 846. The predicted octanol–water partition coefficient (Wildman–Crippen LogP) is 3.30. The first-order chi connectivity index (χ1) is 13.0.